The van der Waals surface area contributed by atoms with Gasteiger partial charge in [0.2, 0.25) is 5.91 Å². The Morgan fingerprint density at radius 3 is 2.47 bits per heavy atom. The van der Waals surface area contributed by atoms with E-state index in [2.05, 4.69) is 10.6 Å². The third kappa shape index (κ3) is 1.86. The van der Waals surface area contributed by atoms with Crippen LogP contribution in [-0.2, 0) is 11.0 Å². The van der Waals surface area contributed by atoms with E-state index >= 15 is 0 Å². The van der Waals surface area contributed by atoms with Crippen molar-refractivity contribution in [3.63, 3.8) is 0 Å². The zero-order chi connectivity index (χ0) is 13.7. The van der Waals surface area contributed by atoms with E-state index in [1.54, 1.807) is 0 Å². The van der Waals surface area contributed by atoms with E-state index in [0.717, 1.165) is 18.9 Å². The summed E-state index contributed by atoms with van der Waals surface area (Å²) in [6, 6.07) is 3.82. The first-order valence-electron chi connectivity index (χ1n) is 6.22. The maximum Gasteiger partial charge on any atom is 0.418 e. The summed E-state index contributed by atoms with van der Waals surface area (Å²) in [5, 5.41) is 5.47. The van der Waals surface area contributed by atoms with E-state index < -0.39 is 17.3 Å². The van der Waals surface area contributed by atoms with Gasteiger partial charge in [0, 0.05) is 0 Å². The van der Waals surface area contributed by atoms with E-state index in [1.165, 1.54) is 12.1 Å². The molecule has 1 aliphatic heterocycles. The van der Waals surface area contributed by atoms with Crippen LogP contribution in [0.5, 0.6) is 0 Å². The van der Waals surface area contributed by atoms with E-state index in [0.29, 0.717) is 12.8 Å². The number of benzene rings is 1. The number of fused-ring (bicyclic) bond motifs is 1. The fraction of sp³-hybridized carbons (Fsp3) is 0.462. The lowest BCUT2D eigenvalue weighted by Gasteiger charge is -2.36. The molecular weight excluding hydrogens is 257 g/mol. The number of para-hydroxylation sites is 1. The largest absolute Gasteiger partial charge is 0.418 e. The molecule has 6 heteroatoms. The Kier molecular flexibility index (Phi) is 2.52. The van der Waals surface area contributed by atoms with Gasteiger partial charge < -0.3 is 10.6 Å². The van der Waals surface area contributed by atoms with Crippen molar-refractivity contribution in [2.45, 2.75) is 37.4 Å². The van der Waals surface area contributed by atoms with Crippen molar-refractivity contribution in [1.82, 2.24) is 0 Å². The van der Waals surface area contributed by atoms with Crippen LogP contribution < -0.4 is 10.6 Å². The Bertz CT molecular complexity index is 533. The summed E-state index contributed by atoms with van der Waals surface area (Å²) >= 11 is 0. The van der Waals surface area contributed by atoms with Crippen molar-refractivity contribution in [2.24, 2.45) is 0 Å². The number of carbonyl (C=O) groups excluding carboxylic acids is 1. The van der Waals surface area contributed by atoms with Crippen LogP contribution in [0.25, 0.3) is 0 Å². The van der Waals surface area contributed by atoms with Crippen molar-refractivity contribution in [2.75, 3.05) is 10.6 Å². The Balaban J connectivity index is 2.09. The summed E-state index contributed by atoms with van der Waals surface area (Å²) in [6.07, 6.45) is -1.58. The second-order valence-corrected chi connectivity index (χ2v) is 5.09. The van der Waals surface area contributed by atoms with Gasteiger partial charge >= 0.3 is 6.18 Å². The van der Waals surface area contributed by atoms with Crippen molar-refractivity contribution in [3.8, 4) is 0 Å². The molecule has 19 heavy (non-hydrogen) atoms. The molecule has 1 heterocycles. The number of rotatable bonds is 0. The van der Waals surface area contributed by atoms with Crippen molar-refractivity contribution >= 4 is 17.3 Å². The fourth-order valence-electron chi connectivity index (χ4n) is 2.90. The maximum atomic E-state index is 13.0. The van der Waals surface area contributed by atoms with Gasteiger partial charge in [-0.05, 0) is 25.0 Å². The summed E-state index contributed by atoms with van der Waals surface area (Å²) in [5.74, 6) is -0.225. The molecule has 0 bridgehead atoms. The highest BCUT2D eigenvalue weighted by atomic mass is 19.4. The number of hydrogen-bond donors (Lipinski definition) is 2. The van der Waals surface area contributed by atoms with Gasteiger partial charge in [0.1, 0.15) is 5.54 Å². The first-order valence-corrected chi connectivity index (χ1v) is 6.22. The van der Waals surface area contributed by atoms with Gasteiger partial charge in [-0.2, -0.15) is 13.2 Å². The van der Waals surface area contributed by atoms with Gasteiger partial charge in [0.25, 0.3) is 0 Å². The number of nitrogens with one attached hydrogen (secondary N) is 2. The average Bonchev–Trinajstić information content (AvgIpc) is 2.78. The minimum atomic E-state index is -4.43. The summed E-state index contributed by atoms with van der Waals surface area (Å²) in [5.41, 5.74) is -1.39. The third-order valence-electron chi connectivity index (χ3n) is 3.87. The van der Waals surface area contributed by atoms with E-state index in [4.69, 9.17) is 0 Å². The molecule has 1 spiro atoms. The Labute approximate surface area is 108 Å². The molecule has 1 aromatic rings. The van der Waals surface area contributed by atoms with Gasteiger partial charge in [0.05, 0.1) is 16.9 Å². The molecule has 1 aromatic carbocycles. The summed E-state index contributed by atoms with van der Waals surface area (Å²) in [4.78, 5) is 12.1. The maximum absolute atomic E-state index is 13.0. The summed E-state index contributed by atoms with van der Waals surface area (Å²) < 4.78 is 39.0. The monoisotopic (exact) mass is 270 g/mol. The van der Waals surface area contributed by atoms with Crippen molar-refractivity contribution < 1.29 is 18.0 Å². The minimum Gasteiger partial charge on any atom is -0.369 e. The van der Waals surface area contributed by atoms with E-state index in [-0.39, 0.29) is 17.3 Å². The van der Waals surface area contributed by atoms with Crippen LogP contribution in [0.15, 0.2) is 18.2 Å². The van der Waals surface area contributed by atoms with Gasteiger partial charge in [-0.15, -0.1) is 0 Å². The minimum absolute atomic E-state index is 0.00324. The Morgan fingerprint density at radius 1 is 1.16 bits per heavy atom. The molecule has 2 N–H and O–H groups in total. The quantitative estimate of drug-likeness (QED) is 0.758. The molecule has 3 rings (SSSR count). The second kappa shape index (κ2) is 3.88. The Hall–Kier alpha value is -1.72. The molecule has 0 saturated heterocycles. The molecule has 3 nitrogen and oxygen atoms in total. The molecule has 102 valence electrons. The number of hydrogen-bond acceptors (Lipinski definition) is 2. The first kappa shape index (κ1) is 12.3. The molecular formula is C13H13F3N2O. The average molecular weight is 270 g/mol. The lowest BCUT2D eigenvalue weighted by atomic mass is 9.92. The van der Waals surface area contributed by atoms with Gasteiger partial charge in [0.15, 0.2) is 0 Å². The third-order valence-corrected chi connectivity index (χ3v) is 3.87. The predicted molar refractivity (Wildman–Crippen MR) is 64.9 cm³/mol. The molecule has 2 aliphatic rings. The first-order chi connectivity index (χ1) is 8.92. The number of amides is 1. The second-order valence-electron chi connectivity index (χ2n) is 5.09. The van der Waals surface area contributed by atoms with Crippen LogP contribution in [0.3, 0.4) is 0 Å². The zero-order valence-electron chi connectivity index (χ0n) is 10.1. The zero-order valence-corrected chi connectivity index (χ0v) is 10.1. The molecule has 1 amide bonds. The lowest BCUT2D eigenvalue weighted by Crippen LogP contribution is -2.50. The molecule has 0 unspecified atom stereocenters. The molecule has 1 fully saturated rings. The standard InChI is InChI=1S/C13H13F3N2O/c14-13(15,16)8-4-3-5-9-10(8)18-12(11(19)17-9)6-1-2-7-12/h3-5,18H,1-2,6-7H2,(H,17,19). The van der Waals surface area contributed by atoms with E-state index in [9.17, 15) is 18.0 Å². The molecule has 0 atom stereocenters. The van der Waals surface area contributed by atoms with Crippen molar-refractivity contribution in [3.05, 3.63) is 23.8 Å². The Morgan fingerprint density at radius 2 is 1.84 bits per heavy atom. The topological polar surface area (TPSA) is 41.1 Å². The lowest BCUT2D eigenvalue weighted by molar-refractivity contribution is -0.137. The highest BCUT2D eigenvalue weighted by Gasteiger charge is 2.46. The van der Waals surface area contributed by atoms with Crippen LogP contribution in [0, 0.1) is 0 Å². The van der Waals surface area contributed by atoms with Gasteiger partial charge in [-0.3, -0.25) is 4.79 Å². The highest BCUT2D eigenvalue weighted by molar-refractivity contribution is 6.06. The number of carbonyl (C=O) groups is 1. The van der Waals surface area contributed by atoms with Crippen molar-refractivity contribution in [1.29, 1.82) is 0 Å². The van der Waals surface area contributed by atoms with E-state index in [1.807, 2.05) is 0 Å². The van der Waals surface area contributed by atoms with Crippen LogP contribution in [-0.4, -0.2) is 11.4 Å². The predicted octanol–water partition coefficient (Wildman–Crippen LogP) is 3.38. The van der Waals surface area contributed by atoms with Crippen LogP contribution >= 0.6 is 0 Å². The van der Waals surface area contributed by atoms with Gasteiger partial charge in [-0.1, -0.05) is 18.9 Å². The van der Waals surface area contributed by atoms with Crippen LogP contribution in [0.1, 0.15) is 31.2 Å². The molecule has 1 aliphatic carbocycles. The molecule has 1 saturated carbocycles. The summed E-state index contributed by atoms with van der Waals surface area (Å²) in [7, 11) is 0. The fourth-order valence-corrected chi connectivity index (χ4v) is 2.90. The SMILES string of the molecule is O=C1Nc2cccc(C(F)(F)F)c2NC12CCCC2. The summed E-state index contributed by atoms with van der Waals surface area (Å²) in [6.45, 7) is 0. The number of halogens is 3. The number of anilines is 2. The molecule has 0 radical (unpaired) electrons. The molecule has 0 aromatic heterocycles. The normalized spacial score (nSPS) is 20.9. The smallest absolute Gasteiger partial charge is 0.369 e. The number of alkyl halides is 3. The highest BCUT2D eigenvalue weighted by Crippen LogP contribution is 2.45. The van der Waals surface area contributed by atoms with Gasteiger partial charge in [-0.25, -0.2) is 0 Å². The van der Waals surface area contributed by atoms with Crippen LogP contribution in [0.4, 0.5) is 24.5 Å². The van der Waals surface area contributed by atoms with Crippen LogP contribution in [0.2, 0.25) is 0 Å².